The molecule has 1 unspecified atom stereocenters. The summed E-state index contributed by atoms with van der Waals surface area (Å²) in [5.74, 6) is -0.903. The number of anilines is 3. The number of para-hydroxylation sites is 1. The third-order valence-electron chi connectivity index (χ3n) is 4.74. The number of hydrogen-bond acceptors (Lipinski definition) is 6. The van der Waals surface area contributed by atoms with E-state index in [2.05, 4.69) is 10.4 Å². The number of benzene rings is 2. The highest BCUT2D eigenvalue weighted by atomic mass is 16.5. The van der Waals surface area contributed by atoms with Gasteiger partial charge in [0.2, 0.25) is 11.8 Å². The van der Waals surface area contributed by atoms with Gasteiger partial charge in [-0.3, -0.25) is 14.6 Å². The topological polar surface area (TPSA) is 91.3 Å². The van der Waals surface area contributed by atoms with Crippen molar-refractivity contribution < 1.29 is 19.1 Å². The van der Waals surface area contributed by atoms with E-state index >= 15 is 0 Å². The Kier molecular flexibility index (Phi) is 6.46. The average Bonchev–Trinajstić information content (AvgIpc) is 3.20. The van der Waals surface area contributed by atoms with Crippen molar-refractivity contribution in [3.05, 3.63) is 54.6 Å². The second kappa shape index (κ2) is 9.21. The van der Waals surface area contributed by atoms with Gasteiger partial charge in [-0.2, -0.15) is 5.10 Å². The van der Waals surface area contributed by atoms with Gasteiger partial charge >= 0.3 is 5.97 Å². The van der Waals surface area contributed by atoms with Crippen LogP contribution in [-0.2, 0) is 19.1 Å². The molecular formula is C22H24N4O4. The van der Waals surface area contributed by atoms with Crippen LogP contribution in [-0.4, -0.2) is 43.2 Å². The fourth-order valence-corrected chi connectivity index (χ4v) is 3.05. The molecular weight excluding hydrogens is 384 g/mol. The molecule has 156 valence electrons. The molecule has 0 aliphatic carbocycles. The maximum atomic E-state index is 13.0. The van der Waals surface area contributed by atoms with Gasteiger partial charge in [0.05, 0.1) is 12.3 Å². The Morgan fingerprint density at radius 2 is 1.80 bits per heavy atom. The summed E-state index contributed by atoms with van der Waals surface area (Å²) in [5.41, 5.74) is 2.22. The third-order valence-corrected chi connectivity index (χ3v) is 4.74. The molecule has 2 amide bonds. The van der Waals surface area contributed by atoms with E-state index in [1.54, 1.807) is 43.2 Å². The molecule has 1 atom stereocenters. The zero-order valence-corrected chi connectivity index (χ0v) is 17.2. The Balaban J connectivity index is 1.78. The molecule has 0 saturated carbocycles. The molecule has 30 heavy (non-hydrogen) atoms. The lowest BCUT2D eigenvalue weighted by Crippen LogP contribution is -2.38. The van der Waals surface area contributed by atoms with Crippen molar-refractivity contribution in [3.8, 4) is 0 Å². The SMILES string of the molecule is CCOC(=O)C1=NN(c2ccccc2)C(C(=O)Nc2ccc(N(C)C(C)=O)cc2)C1. The maximum Gasteiger partial charge on any atom is 0.354 e. The number of nitrogens with zero attached hydrogens (tertiary/aromatic N) is 3. The van der Waals surface area contributed by atoms with Crippen LogP contribution in [0.15, 0.2) is 59.7 Å². The molecule has 8 heteroatoms. The van der Waals surface area contributed by atoms with Gasteiger partial charge in [-0.15, -0.1) is 0 Å². The van der Waals surface area contributed by atoms with Gasteiger partial charge in [0.1, 0.15) is 11.8 Å². The van der Waals surface area contributed by atoms with E-state index in [1.807, 2.05) is 30.3 Å². The Hall–Kier alpha value is -3.68. The Bertz CT molecular complexity index is 957. The molecule has 3 rings (SSSR count). The van der Waals surface area contributed by atoms with E-state index in [9.17, 15) is 14.4 Å². The summed E-state index contributed by atoms with van der Waals surface area (Å²) in [6, 6.07) is 15.5. The quantitative estimate of drug-likeness (QED) is 0.742. The number of amides is 2. The zero-order chi connectivity index (χ0) is 21.7. The molecule has 0 radical (unpaired) electrons. The summed E-state index contributed by atoms with van der Waals surface area (Å²) in [6.45, 7) is 3.44. The van der Waals surface area contributed by atoms with Crippen LogP contribution in [0.25, 0.3) is 0 Å². The summed E-state index contributed by atoms with van der Waals surface area (Å²) >= 11 is 0. The Morgan fingerprint density at radius 1 is 1.13 bits per heavy atom. The minimum absolute atomic E-state index is 0.0834. The standard InChI is InChI=1S/C22H24N4O4/c1-4-30-22(29)19-14-20(26(24-19)18-8-6-5-7-9-18)21(28)23-16-10-12-17(13-11-16)25(3)15(2)27/h5-13,20H,4,14H2,1-3H3,(H,23,28). The smallest absolute Gasteiger partial charge is 0.354 e. The van der Waals surface area contributed by atoms with Crippen LogP contribution in [0.5, 0.6) is 0 Å². The van der Waals surface area contributed by atoms with E-state index in [0.29, 0.717) is 11.4 Å². The first-order valence-corrected chi connectivity index (χ1v) is 9.64. The molecule has 0 aromatic heterocycles. The first-order valence-electron chi connectivity index (χ1n) is 9.64. The van der Waals surface area contributed by atoms with Gasteiger partial charge < -0.3 is 15.0 Å². The van der Waals surface area contributed by atoms with E-state index < -0.39 is 12.0 Å². The van der Waals surface area contributed by atoms with Gasteiger partial charge in [0, 0.05) is 31.8 Å². The van der Waals surface area contributed by atoms with Crippen molar-refractivity contribution in [2.75, 3.05) is 28.9 Å². The highest BCUT2D eigenvalue weighted by molar-refractivity contribution is 6.38. The first-order chi connectivity index (χ1) is 14.4. The van der Waals surface area contributed by atoms with Crippen molar-refractivity contribution >= 4 is 40.6 Å². The van der Waals surface area contributed by atoms with Crippen molar-refractivity contribution in [3.63, 3.8) is 0 Å². The summed E-state index contributed by atoms with van der Waals surface area (Å²) < 4.78 is 5.05. The van der Waals surface area contributed by atoms with Crippen LogP contribution in [0.2, 0.25) is 0 Å². The minimum Gasteiger partial charge on any atom is -0.461 e. The fourth-order valence-electron chi connectivity index (χ4n) is 3.05. The number of rotatable bonds is 6. The number of nitrogens with one attached hydrogen (secondary N) is 1. The summed E-state index contributed by atoms with van der Waals surface area (Å²) in [7, 11) is 1.68. The molecule has 1 N–H and O–H groups in total. The van der Waals surface area contributed by atoms with Crippen LogP contribution >= 0.6 is 0 Å². The summed E-state index contributed by atoms with van der Waals surface area (Å²) in [4.78, 5) is 38.2. The first kappa shape index (κ1) is 21.0. The molecule has 2 aromatic carbocycles. The number of esters is 1. The fraction of sp³-hybridized carbons (Fsp3) is 0.273. The largest absolute Gasteiger partial charge is 0.461 e. The van der Waals surface area contributed by atoms with Gasteiger partial charge in [0.25, 0.3) is 0 Å². The molecule has 0 bridgehead atoms. The third kappa shape index (κ3) is 4.65. The van der Waals surface area contributed by atoms with E-state index in [4.69, 9.17) is 4.74 Å². The number of carbonyl (C=O) groups excluding carboxylic acids is 3. The molecule has 0 saturated heterocycles. The van der Waals surface area contributed by atoms with Crippen LogP contribution in [0, 0.1) is 0 Å². The Labute approximate surface area is 175 Å². The molecule has 0 fully saturated rings. The van der Waals surface area contributed by atoms with Crippen molar-refractivity contribution in [1.82, 2.24) is 0 Å². The number of hydrazone groups is 1. The second-order valence-corrected chi connectivity index (χ2v) is 6.78. The molecule has 1 heterocycles. The van der Waals surface area contributed by atoms with Crippen LogP contribution in [0.4, 0.5) is 17.1 Å². The van der Waals surface area contributed by atoms with Gasteiger partial charge in [0.15, 0.2) is 0 Å². The lowest BCUT2D eigenvalue weighted by Gasteiger charge is -2.23. The van der Waals surface area contributed by atoms with Gasteiger partial charge in [-0.1, -0.05) is 18.2 Å². The maximum absolute atomic E-state index is 13.0. The molecule has 0 spiro atoms. The normalized spacial score (nSPS) is 15.4. The van der Waals surface area contributed by atoms with Crippen molar-refractivity contribution in [2.24, 2.45) is 5.10 Å². The van der Waals surface area contributed by atoms with Crippen LogP contribution < -0.4 is 15.2 Å². The van der Waals surface area contributed by atoms with E-state index in [1.165, 1.54) is 11.8 Å². The van der Waals surface area contributed by atoms with Crippen molar-refractivity contribution in [2.45, 2.75) is 26.3 Å². The molecule has 8 nitrogen and oxygen atoms in total. The van der Waals surface area contributed by atoms with Gasteiger partial charge in [-0.25, -0.2) is 4.79 Å². The zero-order valence-electron chi connectivity index (χ0n) is 17.2. The molecule has 1 aliphatic heterocycles. The number of carbonyl (C=O) groups is 3. The highest BCUT2D eigenvalue weighted by Crippen LogP contribution is 2.26. The van der Waals surface area contributed by atoms with Gasteiger partial charge in [-0.05, 0) is 43.3 Å². The summed E-state index contributed by atoms with van der Waals surface area (Å²) in [6.07, 6.45) is 0.144. The lowest BCUT2D eigenvalue weighted by atomic mass is 10.1. The predicted octanol–water partition coefficient (Wildman–Crippen LogP) is 2.81. The number of ether oxygens (including phenoxy) is 1. The molecule has 2 aromatic rings. The lowest BCUT2D eigenvalue weighted by molar-refractivity contribution is -0.135. The summed E-state index contributed by atoms with van der Waals surface area (Å²) in [5, 5.41) is 8.75. The highest BCUT2D eigenvalue weighted by Gasteiger charge is 2.36. The predicted molar refractivity (Wildman–Crippen MR) is 116 cm³/mol. The molecule has 1 aliphatic rings. The van der Waals surface area contributed by atoms with Crippen LogP contribution in [0.1, 0.15) is 20.3 Å². The second-order valence-electron chi connectivity index (χ2n) is 6.78. The average molecular weight is 408 g/mol. The van der Waals surface area contributed by atoms with Crippen molar-refractivity contribution in [1.29, 1.82) is 0 Å². The van der Waals surface area contributed by atoms with Crippen LogP contribution in [0.3, 0.4) is 0 Å². The van der Waals surface area contributed by atoms with E-state index in [-0.39, 0.29) is 30.6 Å². The van der Waals surface area contributed by atoms with E-state index in [0.717, 1.165) is 5.69 Å². The monoisotopic (exact) mass is 408 g/mol. The number of hydrogen-bond donors (Lipinski definition) is 1. The Morgan fingerprint density at radius 3 is 2.40 bits per heavy atom. The minimum atomic E-state index is -0.689.